The van der Waals surface area contributed by atoms with Gasteiger partial charge in [-0.15, -0.1) is 0 Å². The van der Waals surface area contributed by atoms with Crippen molar-refractivity contribution in [2.45, 2.75) is 117 Å². The van der Waals surface area contributed by atoms with Crippen LogP contribution in [0.5, 0.6) is 0 Å². The van der Waals surface area contributed by atoms with Crippen molar-refractivity contribution < 1.29 is 9.59 Å². The smallest absolute Gasteiger partial charge is 0.223 e. The zero-order chi connectivity index (χ0) is 22.9. The molecular formula is C28H48N2O2. The zero-order valence-electron chi connectivity index (χ0n) is 21.3. The third-order valence-electron chi connectivity index (χ3n) is 10.7. The van der Waals surface area contributed by atoms with Gasteiger partial charge in [0.2, 0.25) is 11.8 Å². The van der Waals surface area contributed by atoms with Crippen molar-refractivity contribution in [3.8, 4) is 0 Å². The lowest BCUT2D eigenvalue weighted by atomic mass is 9.47. The second kappa shape index (κ2) is 9.66. The van der Waals surface area contributed by atoms with E-state index in [9.17, 15) is 9.59 Å². The van der Waals surface area contributed by atoms with Gasteiger partial charge in [0, 0.05) is 32.0 Å². The molecular weight excluding hydrogens is 396 g/mol. The Bertz CT molecular complexity index is 693. The minimum atomic E-state index is 0.173. The Morgan fingerprint density at radius 1 is 0.938 bits per heavy atom. The minimum absolute atomic E-state index is 0.173. The molecule has 2 unspecified atom stereocenters. The highest BCUT2D eigenvalue weighted by Crippen LogP contribution is 2.66. The molecule has 3 saturated carbocycles. The summed E-state index contributed by atoms with van der Waals surface area (Å²) in [5.41, 5.74) is 0.441. The third-order valence-corrected chi connectivity index (χ3v) is 10.7. The number of likely N-dealkylation sites (tertiary alicyclic amines) is 1. The quantitative estimate of drug-likeness (QED) is 0.471. The Hall–Kier alpha value is -1.06. The summed E-state index contributed by atoms with van der Waals surface area (Å²) in [4.78, 5) is 27.7. The van der Waals surface area contributed by atoms with Crippen molar-refractivity contribution in [1.82, 2.24) is 10.2 Å². The monoisotopic (exact) mass is 444 g/mol. The molecule has 3 aliphatic carbocycles. The summed E-state index contributed by atoms with van der Waals surface area (Å²) >= 11 is 0. The van der Waals surface area contributed by atoms with Crippen LogP contribution in [-0.4, -0.2) is 36.3 Å². The number of hydrogen-bond acceptors (Lipinski definition) is 2. The largest absolute Gasteiger partial charge is 0.356 e. The molecule has 0 spiro atoms. The highest BCUT2D eigenvalue weighted by molar-refractivity contribution is 5.80. The molecule has 4 nitrogen and oxygen atoms in total. The van der Waals surface area contributed by atoms with Crippen LogP contribution >= 0.6 is 0 Å². The maximum absolute atomic E-state index is 13.2. The lowest BCUT2D eigenvalue weighted by molar-refractivity contribution is -0.159. The molecule has 0 aromatic heterocycles. The number of rotatable bonds is 8. The predicted molar refractivity (Wildman–Crippen MR) is 130 cm³/mol. The number of carbonyl (C=O) groups excluding carboxylic acids is 2. The first-order chi connectivity index (χ1) is 15.3. The Kier molecular flexibility index (Phi) is 7.27. The molecule has 7 atom stereocenters. The second-order valence-electron chi connectivity index (χ2n) is 12.2. The molecule has 1 heterocycles. The van der Waals surface area contributed by atoms with Crippen LogP contribution in [0.3, 0.4) is 0 Å². The van der Waals surface area contributed by atoms with Gasteiger partial charge in [-0.25, -0.2) is 0 Å². The van der Waals surface area contributed by atoms with E-state index in [4.69, 9.17) is 0 Å². The molecule has 1 saturated heterocycles. The van der Waals surface area contributed by atoms with E-state index in [1.54, 1.807) is 0 Å². The van der Waals surface area contributed by atoms with E-state index >= 15 is 0 Å². The van der Waals surface area contributed by atoms with Crippen LogP contribution in [0.25, 0.3) is 0 Å². The van der Waals surface area contributed by atoms with Crippen molar-refractivity contribution in [2.75, 3.05) is 13.6 Å². The number of unbranched alkanes of at least 4 members (excludes halogenated alkanes) is 5. The van der Waals surface area contributed by atoms with Crippen molar-refractivity contribution in [3.63, 3.8) is 0 Å². The van der Waals surface area contributed by atoms with E-state index < -0.39 is 0 Å². The number of fused-ring (bicyclic) bond motifs is 5. The molecule has 1 aliphatic heterocycles. The molecule has 32 heavy (non-hydrogen) atoms. The fraction of sp³-hybridized carbons (Fsp3) is 0.929. The zero-order valence-corrected chi connectivity index (χ0v) is 21.3. The van der Waals surface area contributed by atoms with Crippen LogP contribution in [0.1, 0.15) is 111 Å². The molecule has 4 aliphatic rings. The molecule has 4 fully saturated rings. The van der Waals surface area contributed by atoms with Crippen molar-refractivity contribution in [2.24, 2.45) is 34.5 Å². The van der Waals surface area contributed by atoms with Gasteiger partial charge >= 0.3 is 0 Å². The topological polar surface area (TPSA) is 49.4 Å². The molecule has 0 aromatic carbocycles. The fourth-order valence-corrected chi connectivity index (χ4v) is 8.82. The van der Waals surface area contributed by atoms with Crippen LogP contribution in [0.4, 0.5) is 0 Å². The Labute approximate surface area is 196 Å². The molecule has 1 N–H and O–H groups in total. The maximum atomic E-state index is 13.2. The van der Waals surface area contributed by atoms with Crippen molar-refractivity contribution in [1.29, 1.82) is 0 Å². The highest BCUT2D eigenvalue weighted by atomic mass is 16.2. The number of nitrogens with one attached hydrogen (secondary N) is 1. The standard InChI is InChI=1S/C28H48N2O2/c1-5-6-7-8-9-10-19-29-26(32)23-13-12-21-20-11-14-24-28(3,18-16-25(31)30(24)4)22(20)15-17-27(21,23)2/h20-24H,5-19H2,1-4H3,(H,29,32)/t20-,21-,22+,23?,24?,27-,28+/m0/s1. The Morgan fingerprint density at radius 2 is 1.66 bits per heavy atom. The van der Waals surface area contributed by atoms with E-state index in [-0.39, 0.29) is 16.7 Å². The van der Waals surface area contributed by atoms with Crippen LogP contribution in [-0.2, 0) is 9.59 Å². The molecule has 0 radical (unpaired) electrons. The van der Waals surface area contributed by atoms with Crippen molar-refractivity contribution >= 4 is 11.8 Å². The first-order valence-corrected chi connectivity index (χ1v) is 13.9. The second-order valence-corrected chi connectivity index (χ2v) is 12.2. The third kappa shape index (κ3) is 4.13. The van der Waals surface area contributed by atoms with Gasteiger partial charge in [-0.05, 0) is 80.0 Å². The highest BCUT2D eigenvalue weighted by Gasteiger charge is 2.62. The first-order valence-electron chi connectivity index (χ1n) is 13.9. The average molecular weight is 445 g/mol. The van der Waals surface area contributed by atoms with Gasteiger partial charge in [0.05, 0.1) is 0 Å². The lowest BCUT2D eigenvalue weighted by Gasteiger charge is -2.61. The van der Waals surface area contributed by atoms with Crippen molar-refractivity contribution in [3.05, 3.63) is 0 Å². The summed E-state index contributed by atoms with van der Waals surface area (Å²) in [5.74, 6) is 3.04. The summed E-state index contributed by atoms with van der Waals surface area (Å²) in [6.07, 6.45) is 16.5. The number of hydrogen-bond donors (Lipinski definition) is 1. The molecule has 182 valence electrons. The number of amides is 2. The Morgan fingerprint density at radius 3 is 2.44 bits per heavy atom. The first kappa shape index (κ1) is 24.1. The lowest BCUT2D eigenvalue weighted by Crippen LogP contribution is -2.61. The van der Waals surface area contributed by atoms with Crippen LogP contribution in [0, 0.1) is 34.5 Å². The molecule has 0 bridgehead atoms. The molecule has 0 aromatic rings. The van der Waals surface area contributed by atoms with Gasteiger partial charge in [-0.2, -0.15) is 0 Å². The van der Waals surface area contributed by atoms with Gasteiger partial charge in [0.15, 0.2) is 0 Å². The van der Waals surface area contributed by atoms with E-state index in [1.807, 2.05) is 7.05 Å². The molecule has 4 heteroatoms. The fourth-order valence-electron chi connectivity index (χ4n) is 8.82. The SMILES string of the molecule is CCCCCCCCNC(=O)C1CC[C@H]2[C@@H]3CCC4N(C)C(=O)CC[C@]4(C)[C@@H]3CC[C@]12C. The normalized spacial score (nSPS) is 41.1. The Balaban J connectivity index is 1.36. The van der Waals surface area contributed by atoms with Gasteiger partial charge in [-0.3, -0.25) is 9.59 Å². The summed E-state index contributed by atoms with van der Waals surface area (Å²) in [7, 11) is 2.04. The van der Waals surface area contributed by atoms with Crippen LogP contribution in [0.15, 0.2) is 0 Å². The van der Waals surface area contributed by atoms with E-state index in [2.05, 4.69) is 31.0 Å². The van der Waals surface area contributed by atoms with Gasteiger partial charge < -0.3 is 10.2 Å². The number of carbonyl (C=O) groups is 2. The molecule has 2 amide bonds. The van der Waals surface area contributed by atoms with E-state index in [0.717, 1.165) is 50.5 Å². The van der Waals surface area contributed by atoms with E-state index in [1.165, 1.54) is 57.8 Å². The summed E-state index contributed by atoms with van der Waals surface area (Å²) in [5, 5.41) is 3.33. The average Bonchev–Trinajstić information content (AvgIpc) is 3.13. The minimum Gasteiger partial charge on any atom is -0.356 e. The number of piperidine rings is 1. The van der Waals surface area contributed by atoms with Gasteiger partial charge in [0.25, 0.3) is 0 Å². The van der Waals surface area contributed by atoms with E-state index in [0.29, 0.717) is 23.8 Å². The van der Waals surface area contributed by atoms with Crippen LogP contribution < -0.4 is 5.32 Å². The summed E-state index contributed by atoms with van der Waals surface area (Å²) < 4.78 is 0. The predicted octanol–water partition coefficient (Wildman–Crippen LogP) is 5.94. The van der Waals surface area contributed by atoms with Crippen LogP contribution in [0.2, 0.25) is 0 Å². The summed E-state index contributed by atoms with van der Waals surface area (Å²) in [6.45, 7) is 8.04. The maximum Gasteiger partial charge on any atom is 0.223 e. The molecule has 4 rings (SSSR count). The van der Waals surface area contributed by atoms with Gasteiger partial charge in [0.1, 0.15) is 0 Å². The van der Waals surface area contributed by atoms with Gasteiger partial charge in [-0.1, -0.05) is 52.9 Å². The summed E-state index contributed by atoms with van der Waals surface area (Å²) in [6, 6.07) is 0.423. The number of nitrogens with zero attached hydrogens (tertiary/aromatic N) is 1.